The van der Waals surface area contributed by atoms with Gasteiger partial charge in [0.25, 0.3) is 0 Å². The lowest BCUT2D eigenvalue weighted by Gasteiger charge is -2.34. The largest absolute Gasteiger partial charge is 0.0946 e. The van der Waals surface area contributed by atoms with Gasteiger partial charge in [0.2, 0.25) is 0 Å². The quantitative estimate of drug-likeness (QED) is 0.404. The van der Waals surface area contributed by atoms with Gasteiger partial charge in [0.15, 0.2) is 0 Å². The molecule has 174 valence electrons. The maximum Gasteiger partial charge on any atom is 0.0129 e. The summed E-state index contributed by atoms with van der Waals surface area (Å²) in [7, 11) is 0. The van der Waals surface area contributed by atoms with E-state index < -0.39 is 0 Å². The maximum atomic E-state index is 4.47. The van der Waals surface area contributed by atoms with Crippen molar-refractivity contribution in [2.24, 2.45) is 11.8 Å². The number of allylic oxidation sites excluding steroid dienone is 13. The first kappa shape index (κ1) is 21.9. The summed E-state index contributed by atoms with van der Waals surface area (Å²) in [6.07, 6.45) is 17.6. The minimum absolute atomic E-state index is 0.0630. The molecular formula is C34H38. The summed E-state index contributed by atoms with van der Waals surface area (Å²) in [5.41, 5.74) is 15.1. The number of benzene rings is 1. The molecule has 0 bridgehead atoms. The van der Waals surface area contributed by atoms with Gasteiger partial charge in [-0.2, -0.15) is 0 Å². The van der Waals surface area contributed by atoms with E-state index in [0.29, 0.717) is 23.7 Å². The van der Waals surface area contributed by atoms with Crippen LogP contribution in [0.4, 0.5) is 0 Å². The van der Waals surface area contributed by atoms with Crippen LogP contribution in [0.2, 0.25) is 0 Å². The van der Waals surface area contributed by atoms with Gasteiger partial charge in [-0.1, -0.05) is 120 Å². The van der Waals surface area contributed by atoms with Crippen molar-refractivity contribution >= 4 is 0 Å². The molecule has 4 unspecified atom stereocenters. The van der Waals surface area contributed by atoms with Gasteiger partial charge in [0, 0.05) is 22.7 Å². The van der Waals surface area contributed by atoms with Gasteiger partial charge in [0.05, 0.1) is 0 Å². The predicted octanol–water partition coefficient (Wildman–Crippen LogP) is 8.90. The molecule has 0 heterocycles. The monoisotopic (exact) mass is 446 g/mol. The van der Waals surface area contributed by atoms with Crippen LogP contribution in [0.1, 0.15) is 89.0 Å². The summed E-state index contributed by atoms with van der Waals surface area (Å²) in [6.45, 7) is 21.2. The normalized spacial score (nSPS) is 32.0. The number of rotatable bonds is 1. The molecule has 34 heavy (non-hydrogen) atoms. The molecule has 0 nitrogen and oxygen atoms in total. The van der Waals surface area contributed by atoms with Gasteiger partial charge in [-0.15, -0.1) is 0 Å². The van der Waals surface area contributed by atoms with E-state index in [0.717, 1.165) is 6.42 Å². The topological polar surface area (TPSA) is 0 Å². The number of fused-ring (bicyclic) bond motifs is 6. The second kappa shape index (κ2) is 6.97. The van der Waals surface area contributed by atoms with E-state index in [2.05, 4.69) is 110 Å². The summed E-state index contributed by atoms with van der Waals surface area (Å²) < 4.78 is 0. The molecule has 0 fully saturated rings. The van der Waals surface area contributed by atoms with Gasteiger partial charge in [-0.25, -0.2) is 0 Å². The van der Waals surface area contributed by atoms with Crippen molar-refractivity contribution in [3.8, 4) is 0 Å². The zero-order chi connectivity index (χ0) is 24.2. The van der Waals surface area contributed by atoms with E-state index >= 15 is 0 Å². The molecule has 6 rings (SSSR count). The van der Waals surface area contributed by atoms with E-state index in [1.54, 1.807) is 33.4 Å². The lowest BCUT2D eigenvalue weighted by atomic mass is 9.69. The fourth-order valence-corrected chi connectivity index (χ4v) is 7.64. The lowest BCUT2D eigenvalue weighted by Crippen LogP contribution is -2.23. The molecule has 5 aliphatic rings. The molecule has 0 heteroatoms. The van der Waals surface area contributed by atoms with E-state index in [1.165, 1.54) is 22.3 Å². The molecule has 0 saturated carbocycles. The van der Waals surface area contributed by atoms with Crippen molar-refractivity contribution in [3.05, 3.63) is 117 Å². The zero-order valence-electron chi connectivity index (χ0n) is 21.9. The molecule has 0 aromatic heterocycles. The van der Waals surface area contributed by atoms with Crippen molar-refractivity contribution in [2.45, 2.75) is 77.6 Å². The average Bonchev–Trinajstić information content (AvgIpc) is 3.15. The third kappa shape index (κ3) is 2.72. The van der Waals surface area contributed by atoms with E-state index in [4.69, 9.17) is 0 Å². The van der Waals surface area contributed by atoms with Crippen molar-refractivity contribution in [1.29, 1.82) is 0 Å². The SMILES string of the molecule is C=C1C(C2=CC=C3C(c4cc5c(cc4C3(C)C)C3CC=C(C)C=C3C5(C)C)C2C)=CC=CC1C. The highest BCUT2D eigenvalue weighted by atomic mass is 14.5. The first-order valence-corrected chi connectivity index (χ1v) is 13.1. The van der Waals surface area contributed by atoms with Gasteiger partial charge in [-0.3, -0.25) is 0 Å². The molecule has 5 aliphatic carbocycles. The predicted molar refractivity (Wildman–Crippen MR) is 145 cm³/mol. The van der Waals surface area contributed by atoms with E-state index in [1.807, 2.05) is 0 Å². The van der Waals surface area contributed by atoms with Crippen LogP contribution in [0, 0.1) is 11.8 Å². The smallest absolute Gasteiger partial charge is 0.0129 e. The minimum atomic E-state index is 0.0630. The molecule has 0 N–H and O–H groups in total. The van der Waals surface area contributed by atoms with Crippen molar-refractivity contribution < 1.29 is 0 Å². The maximum absolute atomic E-state index is 4.47. The summed E-state index contributed by atoms with van der Waals surface area (Å²) in [5.74, 6) is 1.83. The van der Waals surface area contributed by atoms with Crippen molar-refractivity contribution in [3.63, 3.8) is 0 Å². The van der Waals surface area contributed by atoms with Crippen LogP contribution in [0.3, 0.4) is 0 Å². The Morgan fingerprint density at radius 2 is 1.56 bits per heavy atom. The number of hydrogen-bond acceptors (Lipinski definition) is 0. The molecular weight excluding hydrogens is 408 g/mol. The molecule has 0 saturated heterocycles. The molecule has 1 aromatic carbocycles. The Balaban J connectivity index is 1.50. The van der Waals surface area contributed by atoms with Crippen LogP contribution >= 0.6 is 0 Å². The van der Waals surface area contributed by atoms with Crippen molar-refractivity contribution in [2.75, 3.05) is 0 Å². The van der Waals surface area contributed by atoms with E-state index in [-0.39, 0.29) is 10.8 Å². The Hall–Kier alpha value is -2.60. The van der Waals surface area contributed by atoms with Crippen LogP contribution in [0.15, 0.2) is 94.7 Å². The first-order valence-electron chi connectivity index (χ1n) is 13.1. The number of hydrogen-bond donors (Lipinski definition) is 0. The highest BCUT2D eigenvalue weighted by Gasteiger charge is 2.49. The second-order valence-corrected chi connectivity index (χ2v) is 12.4. The van der Waals surface area contributed by atoms with Crippen LogP contribution in [-0.2, 0) is 10.8 Å². The lowest BCUT2D eigenvalue weighted by molar-refractivity contribution is 0.533. The highest BCUT2D eigenvalue weighted by Crippen LogP contribution is 2.61. The van der Waals surface area contributed by atoms with Gasteiger partial charge >= 0.3 is 0 Å². The van der Waals surface area contributed by atoms with E-state index in [9.17, 15) is 0 Å². The second-order valence-electron chi connectivity index (χ2n) is 12.4. The average molecular weight is 447 g/mol. The molecule has 0 radical (unpaired) electrons. The zero-order valence-corrected chi connectivity index (χ0v) is 21.9. The van der Waals surface area contributed by atoms with Gasteiger partial charge in [0.1, 0.15) is 0 Å². The summed E-state index contributed by atoms with van der Waals surface area (Å²) in [4.78, 5) is 0. The Bertz CT molecular complexity index is 1320. The highest BCUT2D eigenvalue weighted by molar-refractivity contribution is 5.67. The standard InChI is InChI=1S/C34H38/c1-19-12-13-25-26-17-31-27(18-30(26)34(7,8)29(25)16-19)32-22(4)24(14-15-28(32)33(31,5)6)23-11-9-10-20(2)21(23)3/h9-12,14-18,20,22,25,32H,3,13H2,1-2,4-8H3. The molecule has 0 amide bonds. The summed E-state index contributed by atoms with van der Waals surface area (Å²) in [5, 5.41) is 0. The fraction of sp³-hybridized carbons (Fsp3) is 0.412. The van der Waals surface area contributed by atoms with Crippen LogP contribution in [-0.4, -0.2) is 0 Å². The minimum Gasteiger partial charge on any atom is -0.0946 e. The molecule has 4 atom stereocenters. The van der Waals surface area contributed by atoms with Crippen LogP contribution in [0.5, 0.6) is 0 Å². The molecule has 1 aromatic rings. The Morgan fingerprint density at radius 1 is 0.882 bits per heavy atom. The van der Waals surface area contributed by atoms with Crippen molar-refractivity contribution in [1.82, 2.24) is 0 Å². The fourth-order valence-electron chi connectivity index (χ4n) is 7.64. The van der Waals surface area contributed by atoms with Crippen LogP contribution in [0.25, 0.3) is 0 Å². The van der Waals surface area contributed by atoms with Gasteiger partial charge in [-0.05, 0) is 64.2 Å². The Morgan fingerprint density at radius 3 is 2.32 bits per heavy atom. The van der Waals surface area contributed by atoms with Gasteiger partial charge < -0.3 is 0 Å². The summed E-state index contributed by atoms with van der Waals surface area (Å²) >= 11 is 0. The Kier molecular flexibility index (Phi) is 4.49. The third-order valence-corrected chi connectivity index (χ3v) is 9.79. The third-order valence-electron chi connectivity index (χ3n) is 9.79. The molecule has 0 spiro atoms. The summed E-state index contributed by atoms with van der Waals surface area (Å²) in [6, 6.07) is 5.24. The molecule has 0 aliphatic heterocycles. The van der Waals surface area contributed by atoms with Crippen LogP contribution < -0.4 is 0 Å². The first-order chi connectivity index (χ1) is 16.0. The Labute approximate surface area is 206 Å².